The summed E-state index contributed by atoms with van der Waals surface area (Å²) >= 11 is 0. The van der Waals surface area contributed by atoms with Gasteiger partial charge in [0.15, 0.2) is 0 Å². The standard InChI is InChI=1S/C21H31N3O/c1-4-11-21(3,22)20(25)24-12-9-16(10-13-24)18-14-23-19-15(5-2)7-6-8-17(18)19/h6-8,14,16,23H,4-5,9-13,22H2,1-3H3. The molecule has 0 aliphatic carbocycles. The highest BCUT2D eigenvalue weighted by Crippen LogP contribution is 2.34. The number of piperidine rings is 1. The van der Waals surface area contributed by atoms with Gasteiger partial charge in [0.25, 0.3) is 0 Å². The number of H-pyrrole nitrogens is 1. The van der Waals surface area contributed by atoms with Gasteiger partial charge in [-0.3, -0.25) is 4.79 Å². The minimum absolute atomic E-state index is 0.111. The predicted molar refractivity (Wildman–Crippen MR) is 104 cm³/mol. The van der Waals surface area contributed by atoms with Crippen molar-refractivity contribution in [2.45, 2.75) is 64.3 Å². The number of para-hydroxylation sites is 1. The molecule has 1 aromatic heterocycles. The van der Waals surface area contributed by atoms with E-state index in [0.29, 0.717) is 5.92 Å². The third-order valence-electron chi connectivity index (χ3n) is 5.69. The maximum atomic E-state index is 12.7. The van der Waals surface area contributed by atoms with Crippen molar-refractivity contribution in [2.24, 2.45) is 5.73 Å². The Balaban J connectivity index is 1.72. The number of carbonyl (C=O) groups is 1. The molecule has 1 aliphatic heterocycles. The van der Waals surface area contributed by atoms with E-state index in [2.05, 4.69) is 43.2 Å². The summed E-state index contributed by atoms with van der Waals surface area (Å²) in [6.07, 6.45) is 6.92. The summed E-state index contributed by atoms with van der Waals surface area (Å²) in [5.74, 6) is 0.625. The number of nitrogens with zero attached hydrogens (tertiary/aromatic N) is 1. The summed E-state index contributed by atoms with van der Waals surface area (Å²) in [5, 5.41) is 1.35. The largest absolute Gasteiger partial charge is 0.361 e. The molecule has 1 atom stereocenters. The van der Waals surface area contributed by atoms with E-state index in [4.69, 9.17) is 5.73 Å². The molecule has 0 saturated carbocycles. The number of amides is 1. The van der Waals surface area contributed by atoms with Gasteiger partial charge in [-0.05, 0) is 49.7 Å². The van der Waals surface area contributed by atoms with E-state index in [1.54, 1.807) is 0 Å². The van der Waals surface area contributed by atoms with E-state index in [1.165, 1.54) is 22.0 Å². The van der Waals surface area contributed by atoms with Crippen LogP contribution in [-0.2, 0) is 11.2 Å². The fraction of sp³-hybridized carbons (Fsp3) is 0.571. The zero-order valence-electron chi connectivity index (χ0n) is 15.8. The van der Waals surface area contributed by atoms with E-state index in [-0.39, 0.29) is 5.91 Å². The zero-order valence-corrected chi connectivity index (χ0v) is 15.8. The molecule has 1 aromatic carbocycles. The number of likely N-dealkylation sites (tertiary alicyclic amines) is 1. The van der Waals surface area contributed by atoms with Crippen LogP contribution in [0.3, 0.4) is 0 Å². The number of aromatic nitrogens is 1. The number of rotatable bonds is 5. The molecular weight excluding hydrogens is 310 g/mol. The maximum absolute atomic E-state index is 12.7. The molecule has 1 amide bonds. The molecule has 0 radical (unpaired) electrons. The van der Waals surface area contributed by atoms with Crippen molar-refractivity contribution in [1.82, 2.24) is 9.88 Å². The average Bonchev–Trinajstić information content (AvgIpc) is 3.05. The summed E-state index contributed by atoms with van der Waals surface area (Å²) in [4.78, 5) is 18.1. The second-order valence-corrected chi connectivity index (χ2v) is 7.67. The first kappa shape index (κ1) is 18.0. The fourth-order valence-electron chi connectivity index (χ4n) is 4.25. The Hall–Kier alpha value is -1.81. The van der Waals surface area contributed by atoms with Crippen molar-refractivity contribution < 1.29 is 4.79 Å². The SMILES string of the molecule is CCCC(C)(N)C(=O)N1CCC(c2c[nH]c3c(CC)cccc23)CC1. The Morgan fingerprint density at radius 2 is 2.04 bits per heavy atom. The quantitative estimate of drug-likeness (QED) is 0.865. The summed E-state index contributed by atoms with van der Waals surface area (Å²) in [5.41, 5.74) is 9.57. The minimum Gasteiger partial charge on any atom is -0.361 e. The highest BCUT2D eigenvalue weighted by molar-refractivity contribution is 5.87. The Labute approximate surface area is 150 Å². The van der Waals surface area contributed by atoms with Crippen LogP contribution in [0.25, 0.3) is 10.9 Å². The van der Waals surface area contributed by atoms with Gasteiger partial charge in [-0.1, -0.05) is 38.5 Å². The van der Waals surface area contributed by atoms with Gasteiger partial charge in [-0.2, -0.15) is 0 Å². The van der Waals surface area contributed by atoms with Crippen LogP contribution in [-0.4, -0.2) is 34.4 Å². The highest BCUT2D eigenvalue weighted by Gasteiger charge is 2.34. The number of hydrogen-bond acceptors (Lipinski definition) is 2. The fourth-order valence-corrected chi connectivity index (χ4v) is 4.25. The van der Waals surface area contributed by atoms with E-state index in [1.807, 2.05) is 11.8 Å². The first-order valence-corrected chi connectivity index (χ1v) is 9.65. The van der Waals surface area contributed by atoms with Gasteiger partial charge in [-0.25, -0.2) is 0 Å². The lowest BCUT2D eigenvalue weighted by atomic mass is 9.87. The van der Waals surface area contributed by atoms with E-state index in [9.17, 15) is 4.79 Å². The molecule has 0 spiro atoms. The number of fused-ring (bicyclic) bond motifs is 1. The highest BCUT2D eigenvalue weighted by atomic mass is 16.2. The Morgan fingerprint density at radius 1 is 1.32 bits per heavy atom. The van der Waals surface area contributed by atoms with Crippen molar-refractivity contribution in [2.75, 3.05) is 13.1 Å². The van der Waals surface area contributed by atoms with Gasteiger partial charge in [0.05, 0.1) is 5.54 Å². The van der Waals surface area contributed by atoms with Crippen molar-refractivity contribution in [3.05, 3.63) is 35.5 Å². The Bertz CT molecular complexity index is 739. The number of aromatic amines is 1. The second kappa shape index (κ2) is 7.20. The third-order valence-corrected chi connectivity index (χ3v) is 5.69. The molecule has 1 fully saturated rings. The van der Waals surface area contributed by atoms with E-state index >= 15 is 0 Å². The van der Waals surface area contributed by atoms with E-state index in [0.717, 1.165) is 45.2 Å². The van der Waals surface area contributed by atoms with Crippen molar-refractivity contribution in [3.63, 3.8) is 0 Å². The normalized spacial score (nSPS) is 18.5. The van der Waals surface area contributed by atoms with Gasteiger partial charge in [0.1, 0.15) is 0 Å². The molecule has 2 heterocycles. The number of nitrogens with two attached hydrogens (primary N) is 1. The topological polar surface area (TPSA) is 62.1 Å². The molecule has 3 rings (SSSR count). The molecule has 4 nitrogen and oxygen atoms in total. The average molecular weight is 341 g/mol. The lowest BCUT2D eigenvalue weighted by Crippen LogP contribution is -2.54. The van der Waals surface area contributed by atoms with Gasteiger partial charge in [0, 0.05) is 30.2 Å². The number of nitrogens with one attached hydrogen (secondary N) is 1. The number of aryl methyl sites for hydroxylation is 1. The molecule has 1 saturated heterocycles. The van der Waals surface area contributed by atoms with Crippen LogP contribution in [0.15, 0.2) is 24.4 Å². The van der Waals surface area contributed by atoms with Crippen LogP contribution in [0, 0.1) is 0 Å². The summed E-state index contributed by atoms with van der Waals surface area (Å²) in [7, 11) is 0. The first-order chi connectivity index (χ1) is 12.0. The van der Waals surface area contributed by atoms with Crippen LogP contribution in [0.1, 0.15) is 63.5 Å². The molecule has 4 heteroatoms. The van der Waals surface area contributed by atoms with Gasteiger partial charge in [0.2, 0.25) is 5.91 Å². The van der Waals surface area contributed by atoms with Crippen molar-refractivity contribution in [3.8, 4) is 0 Å². The molecule has 1 aliphatic rings. The zero-order chi connectivity index (χ0) is 18.0. The maximum Gasteiger partial charge on any atom is 0.242 e. The van der Waals surface area contributed by atoms with Crippen molar-refractivity contribution >= 4 is 16.8 Å². The van der Waals surface area contributed by atoms with Crippen LogP contribution in [0.2, 0.25) is 0 Å². The van der Waals surface area contributed by atoms with Crippen LogP contribution < -0.4 is 5.73 Å². The van der Waals surface area contributed by atoms with Crippen LogP contribution >= 0.6 is 0 Å². The monoisotopic (exact) mass is 341 g/mol. The first-order valence-electron chi connectivity index (χ1n) is 9.65. The molecule has 25 heavy (non-hydrogen) atoms. The van der Waals surface area contributed by atoms with Gasteiger partial charge >= 0.3 is 0 Å². The number of hydrogen-bond donors (Lipinski definition) is 2. The Morgan fingerprint density at radius 3 is 2.68 bits per heavy atom. The molecule has 2 aromatic rings. The lowest BCUT2D eigenvalue weighted by molar-refractivity contribution is -0.137. The minimum atomic E-state index is -0.724. The third kappa shape index (κ3) is 3.45. The van der Waals surface area contributed by atoms with Crippen molar-refractivity contribution in [1.29, 1.82) is 0 Å². The number of carbonyl (C=O) groups excluding carboxylic acids is 1. The summed E-state index contributed by atoms with van der Waals surface area (Å²) < 4.78 is 0. The molecular formula is C21H31N3O. The smallest absolute Gasteiger partial charge is 0.242 e. The molecule has 1 unspecified atom stereocenters. The predicted octanol–water partition coefficient (Wildman–Crippen LogP) is 3.95. The Kier molecular flexibility index (Phi) is 5.19. The van der Waals surface area contributed by atoms with Crippen LogP contribution in [0.5, 0.6) is 0 Å². The molecule has 3 N–H and O–H groups in total. The second-order valence-electron chi connectivity index (χ2n) is 7.67. The lowest BCUT2D eigenvalue weighted by Gasteiger charge is -2.37. The van der Waals surface area contributed by atoms with Gasteiger partial charge < -0.3 is 15.6 Å². The molecule has 136 valence electrons. The summed E-state index contributed by atoms with van der Waals surface area (Å²) in [6.45, 7) is 7.75. The molecule has 0 bridgehead atoms. The van der Waals surface area contributed by atoms with E-state index < -0.39 is 5.54 Å². The van der Waals surface area contributed by atoms with Crippen LogP contribution in [0.4, 0.5) is 0 Å². The number of benzene rings is 1. The summed E-state index contributed by atoms with van der Waals surface area (Å²) in [6, 6.07) is 6.57. The van der Waals surface area contributed by atoms with Gasteiger partial charge in [-0.15, -0.1) is 0 Å².